The first-order chi connectivity index (χ1) is 15.4. The maximum atomic E-state index is 4.84. The van der Waals surface area contributed by atoms with Gasteiger partial charge in [-0.15, -0.1) is 0 Å². The topological polar surface area (TPSA) is 12.9 Å². The Bertz CT molecular complexity index is 1500. The molecule has 0 amide bonds. The SMILES string of the molecule is c1cc[c]([Ge]2([c]3ccccc3)[c]3cccc4c5cccnc5c5ccc[c]2c5c34)cc1. The molecule has 0 spiro atoms. The quantitative estimate of drug-likeness (QED) is 0.282. The van der Waals surface area contributed by atoms with Gasteiger partial charge in [-0.25, -0.2) is 0 Å². The van der Waals surface area contributed by atoms with Crippen molar-refractivity contribution in [3.8, 4) is 0 Å². The van der Waals surface area contributed by atoms with Gasteiger partial charge in [-0.05, 0) is 0 Å². The average Bonchev–Trinajstić information content (AvgIpc) is 3.17. The Morgan fingerprint density at radius 3 is 1.65 bits per heavy atom. The molecule has 0 atom stereocenters. The van der Waals surface area contributed by atoms with Gasteiger partial charge in [-0.2, -0.15) is 0 Å². The minimum atomic E-state index is -3.14. The molecule has 0 saturated heterocycles. The molecule has 6 aromatic rings. The summed E-state index contributed by atoms with van der Waals surface area (Å²) in [6, 6.07) is 40.6. The van der Waals surface area contributed by atoms with Crippen molar-refractivity contribution in [3.63, 3.8) is 0 Å². The molecule has 0 bridgehead atoms. The van der Waals surface area contributed by atoms with Crippen LogP contribution in [0.4, 0.5) is 0 Å². The first-order valence-corrected chi connectivity index (χ1v) is 14.9. The van der Waals surface area contributed by atoms with Gasteiger partial charge in [0.05, 0.1) is 0 Å². The minimum absolute atomic E-state index is 1.11. The zero-order valence-corrected chi connectivity index (χ0v) is 19.0. The number of fused-ring (bicyclic) bond motifs is 3. The molecule has 0 fully saturated rings. The summed E-state index contributed by atoms with van der Waals surface area (Å²) in [6.07, 6.45) is 1.92. The molecule has 1 nitrogen and oxygen atoms in total. The second kappa shape index (κ2) is 6.29. The number of hydrogen-bond acceptors (Lipinski definition) is 1. The normalized spacial score (nSPS) is 14.1. The average molecular weight is 454 g/mol. The van der Waals surface area contributed by atoms with E-state index in [9.17, 15) is 0 Å². The third kappa shape index (κ3) is 2.09. The monoisotopic (exact) mass is 455 g/mol. The van der Waals surface area contributed by atoms with Crippen molar-refractivity contribution in [1.29, 1.82) is 0 Å². The van der Waals surface area contributed by atoms with Crippen LogP contribution in [0.2, 0.25) is 0 Å². The van der Waals surface area contributed by atoms with Crippen LogP contribution < -0.4 is 17.6 Å². The third-order valence-electron chi connectivity index (χ3n) is 6.95. The van der Waals surface area contributed by atoms with E-state index in [2.05, 4.69) is 109 Å². The van der Waals surface area contributed by atoms with E-state index in [4.69, 9.17) is 4.98 Å². The number of rotatable bonds is 2. The van der Waals surface area contributed by atoms with Crippen LogP contribution in [0, 0.1) is 0 Å². The second-order valence-corrected chi connectivity index (χ2v) is 16.2. The first kappa shape index (κ1) is 17.3. The molecule has 7 rings (SSSR count). The molecule has 2 heterocycles. The Hall–Kier alpha value is -3.43. The van der Waals surface area contributed by atoms with Crippen LogP contribution >= 0.6 is 0 Å². The molecule has 0 unspecified atom stereocenters. The van der Waals surface area contributed by atoms with Crippen molar-refractivity contribution in [2.45, 2.75) is 0 Å². The van der Waals surface area contributed by atoms with E-state index >= 15 is 0 Å². The Morgan fingerprint density at radius 1 is 0.452 bits per heavy atom. The van der Waals surface area contributed by atoms with Gasteiger partial charge >= 0.3 is 184 Å². The van der Waals surface area contributed by atoms with Crippen LogP contribution in [0.25, 0.3) is 32.4 Å². The summed E-state index contributed by atoms with van der Waals surface area (Å²) in [5.74, 6) is 0. The van der Waals surface area contributed by atoms with Crippen molar-refractivity contribution in [2.24, 2.45) is 0 Å². The van der Waals surface area contributed by atoms with E-state index in [0.29, 0.717) is 0 Å². The van der Waals surface area contributed by atoms with E-state index in [1.165, 1.54) is 40.1 Å². The zero-order chi connectivity index (χ0) is 20.4. The molecule has 0 radical (unpaired) electrons. The van der Waals surface area contributed by atoms with Gasteiger partial charge < -0.3 is 0 Å². The molecule has 0 N–H and O–H groups in total. The van der Waals surface area contributed by atoms with Gasteiger partial charge in [0.25, 0.3) is 0 Å². The van der Waals surface area contributed by atoms with E-state index in [-0.39, 0.29) is 0 Å². The van der Waals surface area contributed by atoms with Crippen LogP contribution in [-0.4, -0.2) is 18.3 Å². The van der Waals surface area contributed by atoms with Gasteiger partial charge in [-0.3, -0.25) is 0 Å². The molecule has 1 aromatic heterocycles. The fraction of sp³-hybridized carbons (Fsp3) is 0. The van der Waals surface area contributed by atoms with E-state index < -0.39 is 13.3 Å². The van der Waals surface area contributed by atoms with Crippen molar-refractivity contribution < 1.29 is 0 Å². The number of aromatic nitrogens is 1. The second-order valence-electron chi connectivity index (χ2n) is 8.34. The van der Waals surface area contributed by atoms with Crippen LogP contribution in [0.1, 0.15) is 0 Å². The fourth-order valence-electron chi connectivity index (χ4n) is 5.84. The Balaban J connectivity index is 1.80. The molecule has 1 aliphatic rings. The summed E-state index contributed by atoms with van der Waals surface area (Å²) >= 11 is -3.14. The molecular formula is C29H19GeN. The molecule has 0 aliphatic carbocycles. The van der Waals surface area contributed by atoms with Gasteiger partial charge in [0.2, 0.25) is 0 Å². The van der Waals surface area contributed by atoms with Crippen LogP contribution in [0.15, 0.2) is 115 Å². The van der Waals surface area contributed by atoms with Crippen LogP contribution in [0.3, 0.4) is 0 Å². The van der Waals surface area contributed by atoms with Crippen molar-refractivity contribution >= 4 is 63.3 Å². The van der Waals surface area contributed by atoms with E-state index in [1.54, 1.807) is 4.40 Å². The van der Waals surface area contributed by atoms with E-state index in [1.807, 2.05) is 6.20 Å². The Kier molecular flexibility index (Phi) is 3.50. The summed E-state index contributed by atoms with van der Waals surface area (Å²) in [5.41, 5.74) is 1.11. The maximum absolute atomic E-state index is 4.84. The van der Waals surface area contributed by atoms with Crippen molar-refractivity contribution in [2.75, 3.05) is 0 Å². The van der Waals surface area contributed by atoms with Gasteiger partial charge in [0, 0.05) is 0 Å². The predicted molar refractivity (Wildman–Crippen MR) is 134 cm³/mol. The van der Waals surface area contributed by atoms with Crippen LogP contribution in [-0.2, 0) is 0 Å². The molecular weight excluding hydrogens is 435 g/mol. The van der Waals surface area contributed by atoms with Crippen molar-refractivity contribution in [3.05, 3.63) is 115 Å². The van der Waals surface area contributed by atoms with Gasteiger partial charge in [0.15, 0.2) is 0 Å². The first-order valence-electron chi connectivity index (χ1n) is 10.7. The molecule has 144 valence electrons. The van der Waals surface area contributed by atoms with Crippen LogP contribution in [0.5, 0.6) is 0 Å². The summed E-state index contributed by atoms with van der Waals surface area (Å²) in [7, 11) is 0. The molecule has 0 saturated carbocycles. The predicted octanol–water partition coefficient (Wildman–Crippen LogP) is 4.23. The summed E-state index contributed by atoms with van der Waals surface area (Å²) in [6.45, 7) is 0. The molecule has 2 heteroatoms. The number of hydrogen-bond donors (Lipinski definition) is 0. The molecule has 1 aliphatic heterocycles. The molecule has 31 heavy (non-hydrogen) atoms. The fourth-order valence-corrected chi connectivity index (χ4v) is 16.8. The Labute approximate surface area is 183 Å². The standard InChI is InChI=1S/C29H19GeN/c1-3-10-20(11-4-1)30(21-12-5-2-6-13-21)25-17-7-14-22-23-16-9-19-31-29(23)24-15-8-18-26(30)28(24)27(22)25/h1-19H. The summed E-state index contributed by atoms with van der Waals surface area (Å²) < 4.78 is 6.06. The number of benzene rings is 5. The molecule has 5 aromatic carbocycles. The van der Waals surface area contributed by atoms with Gasteiger partial charge in [0.1, 0.15) is 0 Å². The van der Waals surface area contributed by atoms with Gasteiger partial charge in [-0.1, -0.05) is 0 Å². The zero-order valence-electron chi connectivity index (χ0n) is 16.9. The van der Waals surface area contributed by atoms with E-state index in [0.717, 1.165) is 5.52 Å². The Morgan fingerprint density at radius 2 is 1.00 bits per heavy atom. The summed E-state index contributed by atoms with van der Waals surface area (Å²) in [5, 5.41) is 6.74. The number of pyridine rings is 1. The third-order valence-corrected chi connectivity index (χ3v) is 17.1. The van der Waals surface area contributed by atoms with Crippen molar-refractivity contribution in [1.82, 2.24) is 4.98 Å². The number of nitrogens with zero attached hydrogens (tertiary/aromatic N) is 1. The summed E-state index contributed by atoms with van der Waals surface area (Å²) in [4.78, 5) is 4.84.